The summed E-state index contributed by atoms with van der Waals surface area (Å²) in [6, 6.07) is 5.31. The van der Waals surface area contributed by atoms with Crippen LogP contribution < -0.4 is 21.1 Å². The Hall–Kier alpha value is -4.14. The fourth-order valence-electron chi connectivity index (χ4n) is 4.75. The van der Waals surface area contributed by atoms with Gasteiger partial charge in [0, 0.05) is 60.7 Å². The standard InChI is InChI=1S/C25H27FN8O4S/c1-13-17(8-29-25-24(13)30-11-39(36,37)12-38-25)16-5-14-6-19(28-9-18(14)23(27)22(16)26)31-20-7-15-3-4-33(2)21(35)10-34(15)32-20/h5-9,30,36-37H,3-4,10-12,27H2,1-2H3,(H,28,31,32). The van der Waals surface area contributed by atoms with Crippen molar-refractivity contribution in [2.45, 2.75) is 19.9 Å². The lowest BCUT2D eigenvalue weighted by atomic mass is 9.97. The number of nitrogens with one attached hydrogen (secondary N) is 2. The fourth-order valence-corrected chi connectivity index (χ4v) is 5.51. The molecule has 0 atom stereocenters. The van der Waals surface area contributed by atoms with Gasteiger partial charge in [-0.25, -0.2) is 14.4 Å². The Morgan fingerprint density at radius 1 is 1.18 bits per heavy atom. The van der Waals surface area contributed by atoms with E-state index in [4.69, 9.17) is 10.5 Å². The second-order valence-corrected chi connectivity index (χ2v) is 11.8. The lowest BCUT2D eigenvalue weighted by Crippen LogP contribution is -2.29. The van der Waals surface area contributed by atoms with E-state index >= 15 is 4.39 Å². The SMILES string of the molecule is Cc1c(-c2cc3cc(Nc4cc5n(n4)CC(=O)N(C)CC5)ncc3c(N)c2F)cnc2c1NCS(O)(O)CO2. The largest absolute Gasteiger partial charge is 0.455 e. The molecule has 204 valence electrons. The van der Waals surface area contributed by atoms with Gasteiger partial charge in [-0.3, -0.25) is 18.6 Å². The zero-order valence-electron chi connectivity index (χ0n) is 21.2. The molecule has 0 radical (unpaired) electrons. The predicted octanol–water partition coefficient (Wildman–Crippen LogP) is 3.75. The summed E-state index contributed by atoms with van der Waals surface area (Å²) in [7, 11) is -1.19. The number of anilines is 4. The molecule has 1 aromatic carbocycles. The summed E-state index contributed by atoms with van der Waals surface area (Å²) in [6.07, 6.45) is 3.67. The average molecular weight is 555 g/mol. The molecule has 3 aromatic heterocycles. The Morgan fingerprint density at radius 3 is 2.82 bits per heavy atom. The molecular weight excluding hydrogens is 527 g/mol. The van der Waals surface area contributed by atoms with Crippen LogP contribution in [0.5, 0.6) is 5.88 Å². The van der Waals surface area contributed by atoms with Crippen LogP contribution in [0.2, 0.25) is 0 Å². The molecule has 0 aliphatic carbocycles. The molecule has 0 spiro atoms. The lowest BCUT2D eigenvalue weighted by Gasteiger charge is -2.28. The van der Waals surface area contributed by atoms with Crippen LogP contribution in [-0.2, 0) is 17.8 Å². The number of carbonyl (C=O) groups is 1. The van der Waals surface area contributed by atoms with E-state index in [1.807, 2.05) is 6.07 Å². The molecule has 0 saturated heterocycles. The lowest BCUT2D eigenvalue weighted by molar-refractivity contribution is -0.130. The number of amides is 1. The van der Waals surface area contributed by atoms with Gasteiger partial charge in [-0.05, 0) is 30.0 Å². The second kappa shape index (κ2) is 9.25. The van der Waals surface area contributed by atoms with E-state index in [0.717, 1.165) is 5.69 Å². The highest BCUT2D eigenvalue weighted by Crippen LogP contribution is 2.45. The van der Waals surface area contributed by atoms with E-state index in [-0.39, 0.29) is 41.4 Å². The zero-order chi connectivity index (χ0) is 27.5. The number of fused-ring (bicyclic) bond motifs is 3. The number of hydrogen-bond donors (Lipinski definition) is 5. The van der Waals surface area contributed by atoms with Crippen LogP contribution in [-0.4, -0.2) is 65.1 Å². The number of benzene rings is 1. The molecule has 2 aliphatic rings. The van der Waals surface area contributed by atoms with Crippen LogP contribution in [0.25, 0.3) is 21.9 Å². The predicted molar refractivity (Wildman–Crippen MR) is 148 cm³/mol. The summed E-state index contributed by atoms with van der Waals surface area (Å²) in [5.41, 5.74) is 8.90. The van der Waals surface area contributed by atoms with E-state index < -0.39 is 16.4 Å². The summed E-state index contributed by atoms with van der Waals surface area (Å²) < 4.78 is 42.8. The maximum atomic E-state index is 15.5. The van der Waals surface area contributed by atoms with Gasteiger partial charge in [0.1, 0.15) is 23.9 Å². The van der Waals surface area contributed by atoms with E-state index in [9.17, 15) is 13.9 Å². The van der Waals surface area contributed by atoms with Crippen LogP contribution in [0.1, 0.15) is 11.3 Å². The van der Waals surface area contributed by atoms with Crippen LogP contribution in [0.3, 0.4) is 0 Å². The highest BCUT2D eigenvalue weighted by atomic mass is 32.3. The summed E-state index contributed by atoms with van der Waals surface area (Å²) >= 11 is 0. The van der Waals surface area contributed by atoms with Crippen molar-refractivity contribution in [3.8, 4) is 17.0 Å². The summed E-state index contributed by atoms with van der Waals surface area (Å²) in [5.74, 6) is 0.255. The number of likely N-dealkylation sites (N-methyl/N-ethyl adjacent to an activating group) is 1. The molecule has 6 rings (SSSR count). The number of nitrogens with zero attached hydrogens (tertiary/aromatic N) is 5. The Morgan fingerprint density at radius 2 is 2.00 bits per heavy atom. The van der Waals surface area contributed by atoms with Gasteiger partial charge >= 0.3 is 0 Å². The summed E-state index contributed by atoms with van der Waals surface area (Å²) in [6.45, 7) is 2.56. The molecule has 0 saturated carbocycles. The molecule has 14 heteroatoms. The van der Waals surface area contributed by atoms with Gasteiger partial charge in [-0.1, -0.05) is 0 Å². The number of nitrogen functional groups attached to an aromatic ring is 1. The van der Waals surface area contributed by atoms with Crippen molar-refractivity contribution in [2.75, 3.05) is 41.8 Å². The maximum absolute atomic E-state index is 15.5. The number of aromatic nitrogens is 4. The first-order chi connectivity index (χ1) is 18.6. The molecule has 4 aromatic rings. The minimum absolute atomic E-state index is 0.00472. The van der Waals surface area contributed by atoms with Crippen molar-refractivity contribution in [1.82, 2.24) is 24.6 Å². The molecular formula is C25H27FN8O4S. The molecule has 1 amide bonds. The minimum atomic E-state index is -2.97. The number of ether oxygens (including phenoxy) is 1. The van der Waals surface area contributed by atoms with Gasteiger partial charge in [0.25, 0.3) is 0 Å². The quantitative estimate of drug-likeness (QED) is 0.236. The zero-order valence-corrected chi connectivity index (χ0v) is 22.0. The third-order valence-electron chi connectivity index (χ3n) is 6.99. The van der Waals surface area contributed by atoms with E-state index in [0.29, 0.717) is 52.2 Å². The van der Waals surface area contributed by atoms with Crippen molar-refractivity contribution >= 4 is 50.3 Å². The molecule has 39 heavy (non-hydrogen) atoms. The molecule has 0 fully saturated rings. The first kappa shape index (κ1) is 25.2. The van der Waals surface area contributed by atoms with Gasteiger partial charge in [0.2, 0.25) is 11.8 Å². The molecule has 2 aliphatic heterocycles. The number of halogens is 1. The first-order valence-electron chi connectivity index (χ1n) is 12.2. The van der Waals surface area contributed by atoms with Crippen LogP contribution in [0.15, 0.2) is 30.6 Å². The number of rotatable bonds is 3. The van der Waals surface area contributed by atoms with Crippen LogP contribution in [0.4, 0.5) is 27.4 Å². The topological polar surface area (TPSA) is 164 Å². The van der Waals surface area contributed by atoms with Gasteiger partial charge < -0.3 is 26.0 Å². The molecule has 5 heterocycles. The average Bonchev–Trinajstić information content (AvgIpc) is 3.12. The van der Waals surface area contributed by atoms with Crippen molar-refractivity contribution in [1.29, 1.82) is 0 Å². The van der Waals surface area contributed by atoms with Crippen LogP contribution in [0, 0.1) is 12.7 Å². The van der Waals surface area contributed by atoms with Gasteiger partial charge in [-0.2, -0.15) is 5.10 Å². The van der Waals surface area contributed by atoms with E-state index in [1.165, 1.54) is 12.4 Å². The number of nitrogens with two attached hydrogens (primary N) is 1. The second-order valence-electron chi connectivity index (χ2n) is 9.67. The van der Waals surface area contributed by atoms with Crippen LogP contribution >= 0.6 is 10.6 Å². The monoisotopic (exact) mass is 554 g/mol. The van der Waals surface area contributed by atoms with Crippen molar-refractivity contribution in [3.63, 3.8) is 0 Å². The third kappa shape index (κ3) is 4.56. The van der Waals surface area contributed by atoms with E-state index in [1.54, 1.807) is 35.7 Å². The normalized spacial score (nSPS) is 17.4. The van der Waals surface area contributed by atoms with Gasteiger partial charge in [0.05, 0.1) is 5.69 Å². The maximum Gasteiger partial charge on any atom is 0.244 e. The first-order valence-corrected chi connectivity index (χ1v) is 14.0. The minimum Gasteiger partial charge on any atom is -0.455 e. The van der Waals surface area contributed by atoms with Crippen molar-refractivity contribution in [3.05, 3.63) is 47.7 Å². The molecule has 6 N–H and O–H groups in total. The number of pyridine rings is 2. The van der Waals surface area contributed by atoms with Crippen molar-refractivity contribution in [2.24, 2.45) is 0 Å². The van der Waals surface area contributed by atoms with Crippen molar-refractivity contribution < 1.29 is 23.0 Å². The van der Waals surface area contributed by atoms with Gasteiger partial charge in [0.15, 0.2) is 17.6 Å². The fraction of sp³-hybridized carbons (Fsp3) is 0.280. The smallest absolute Gasteiger partial charge is 0.244 e. The van der Waals surface area contributed by atoms with E-state index in [2.05, 4.69) is 25.7 Å². The molecule has 12 nitrogen and oxygen atoms in total. The molecule has 0 bridgehead atoms. The Kier molecular flexibility index (Phi) is 5.97. The Balaban J connectivity index is 1.35. The summed E-state index contributed by atoms with van der Waals surface area (Å²) in [4.78, 5) is 22.6. The number of hydrogen-bond acceptors (Lipinski definition) is 10. The highest BCUT2D eigenvalue weighted by molar-refractivity contribution is 8.24. The third-order valence-corrected chi connectivity index (χ3v) is 8.09. The number of carbonyl (C=O) groups excluding carboxylic acids is 1. The Bertz CT molecular complexity index is 1640. The molecule has 0 unspecified atom stereocenters. The highest BCUT2D eigenvalue weighted by Gasteiger charge is 2.25. The Labute approximate surface area is 224 Å². The van der Waals surface area contributed by atoms with Gasteiger partial charge in [-0.15, -0.1) is 10.6 Å². The summed E-state index contributed by atoms with van der Waals surface area (Å²) in [5, 5.41) is 11.8.